The predicted octanol–water partition coefficient (Wildman–Crippen LogP) is 3.70. The van der Waals surface area contributed by atoms with Gasteiger partial charge in [0.05, 0.1) is 0 Å². The number of anilines is 1. The Balaban J connectivity index is 2.76. The molecule has 1 amide bonds. The van der Waals surface area contributed by atoms with Crippen molar-refractivity contribution in [3.8, 4) is 0 Å². The number of hydrogen-bond acceptors (Lipinski definition) is 4. The molecular weight excluding hydrogens is 348 g/mol. The first kappa shape index (κ1) is 23.4. The van der Waals surface area contributed by atoms with Crippen molar-refractivity contribution in [2.45, 2.75) is 32.2 Å². The van der Waals surface area contributed by atoms with Gasteiger partial charge in [0.2, 0.25) is 5.91 Å². The molecular formula is C23H34N4O. The van der Waals surface area contributed by atoms with E-state index in [9.17, 15) is 4.79 Å². The van der Waals surface area contributed by atoms with Crippen LogP contribution in [0.25, 0.3) is 0 Å². The average Bonchev–Trinajstić information content (AvgIpc) is 2.68. The molecule has 0 heterocycles. The molecule has 3 N–H and O–H groups in total. The van der Waals surface area contributed by atoms with E-state index in [1.54, 1.807) is 12.2 Å². The van der Waals surface area contributed by atoms with Gasteiger partial charge in [-0.1, -0.05) is 37.5 Å². The Morgan fingerprint density at radius 2 is 2.00 bits per heavy atom. The van der Waals surface area contributed by atoms with E-state index in [1.807, 2.05) is 40.2 Å². The van der Waals surface area contributed by atoms with Gasteiger partial charge in [-0.05, 0) is 56.6 Å². The third-order valence-corrected chi connectivity index (χ3v) is 5.00. The van der Waals surface area contributed by atoms with Gasteiger partial charge in [-0.15, -0.1) is 0 Å². The summed E-state index contributed by atoms with van der Waals surface area (Å²) in [5.41, 5.74) is 5.16. The summed E-state index contributed by atoms with van der Waals surface area (Å²) in [4.78, 5) is 14.4. The molecule has 28 heavy (non-hydrogen) atoms. The molecule has 0 saturated carbocycles. The van der Waals surface area contributed by atoms with E-state index in [0.29, 0.717) is 19.4 Å². The molecule has 1 aromatic rings. The molecule has 0 saturated heterocycles. The van der Waals surface area contributed by atoms with Crippen molar-refractivity contribution >= 4 is 17.8 Å². The molecule has 0 spiro atoms. The van der Waals surface area contributed by atoms with E-state index in [1.165, 1.54) is 11.8 Å². The Labute approximate surface area is 169 Å². The molecule has 5 heteroatoms. The van der Waals surface area contributed by atoms with E-state index in [4.69, 9.17) is 5.41 Å². The van der Waals surface area contributed by atoms with Crippen LogP contribution < -0.4 is 10.6 Å². The molecule has 1 atom stereocenters. The molecule has 1 rings (SSSR count). The highest BCUT2D eigenvalue weighted by Gasteiger charge is 2.16. The van der Waals surface area contributed by atoms with Gasteiger partial charge < -0.3 is 20.9 Å². The third-order valence-electron chi connectivity index (χ3n) is 5.00. The number of hydrogen-bond donors (Lipinski definition) is 3. The zero-order valence-electron chi connectivity index (χ0n) is 17.6. The van der Waals surface area contributed by atoms with E-state index in [2.05, 4.69) is 34.8 Å². The van der Waals surface area contributed by atoms with E-state index >= 15 is 0 Å². The summed E-state index contributed by atoms with van der Waals surface area (Å²) >= 11 is 0. The van der Waals surface area contributed by atoms with Crippen molar-refractivity contribution in [2.75, 3.05) is 33.0 Å². The first-order valence-corrected chi connectivity index (χ1v) is 9.55. The number of rotatable bonds is 12. The van der Waals surface area contributed by atoms with Crippen molar-refractivity contribution in [1.29, 1.82) is 5.41 Å². The molecule has 0 aromatic heterocycles. The number of carbonyl (C=O) groups excluding carboxylic acids is 1. The van der Waals surface area contributed by atoms with Crippen molar-refractivity contribution in [3.05, 3.63) is 65.8 Å². The summed E-state index contributed by atoms with van der Waals surface area (Å²) < 4.78 is 0. The standard InChI is InChI=1S/C23H34N4O/c1-7-9-18(8-2)10-13-23(28)26-16-20(27(5)6)14-19-11-12-22(25-4)21(15-24)17(19)3/h7-9,11-12,15,20,24-25H,1-2,10,13-14,16H2,3-6H3,(H,26,28)/b18-9+,24-15?. The van der Waals surface area contributed by atoms with Crippen LogP contribution in [0.3, 0.4) is 0 Å². The topological polar surface area (TPSA) is 68.2 Å². The second-order valence-electron chi connectivity index (χ2n) is 7.01. The molecule has 1 aromatic carbocycles. The summed E-state index contributed by atoms with van der Waals surface area (Å²) in [6, 6.07) is 4.28. The van der Waals surface area contributed by atoms with Crippen molar-refractivity contribution < 1.29 is 4.79 Å². The number of nitrogens with one attached hydrogen (secondary N) is 3. The van der Waals surface area contributed by atoms with Crippen LogP contribution in [0.4, 0.5) is 5.69 Å². The number of amides is 1. The third kappa shape index (κ3) is 6.82. The monoisotopic (exact) mass is 382 g/mol. The molecule has 152 valence electrons. The Bertz CT molecular complexity index is 734. The lowest BCUT2D eigenvalue weighted by molar-refractivity contribution is -0.121. The maximum atomic E-state index is 12.2. The normalized spacial score (nSPS) is 12.4. The zero-order valence-corrected chi connectivity index (χ0v) is 17.6. The maximum absolute atomic E-state index is 12.2. The van der Waals surface area contributed by atoms with E-state index in [-0.39, 0.29) is 11.9 Å². The Morgan fingerprint density at radius 1 is 1.29 bits per heavy atom. The first-order chi connectivity index (χ1) is 13.4. The van der Waals surface area contributed by atoms with Gasteiger partial charge in [0.15, 0.2) is 0 Å². The summed E-state index contributed by atoms with van der Waals surface area (Å²) in [7, 11) is 5.91. The highest BCUT2D eigenvalue weighted by atomic mass is 16.1. The fourth-order valence-corrected chi connectivity index (χ4v) is 3.07. The van der Waals surface area contributed by atoms with E-state index < -0.39 is 0 Å². The largest absolute Gasteiger partial charge is 0.388 e. The number of nitrogens with zero attached hydrogens (tertiary/aromatic N) is 1. The molecule has 0 fully saturated rings. The number of carbonyl (C=O) groups is 1. The van der Waals surface area contributed by atoms with Crippen molar-refractivity contribution in [3.63, 3.8) is 0 Å². The zero-order chi connectivity index (χ0) is 21.1. The summed E-state index contributed by atoms with van der Waals surface area (Å²) in [5.74, 6) is 0.0334. The quantitative estimate of drug-likeness (QED) is 0.381. The molecule has 0 aliphatic heterocycles. The molecule has 1 unspecified atom stereocenters. The summed E-state index contributed by atoms with van der Waals surface area (Å²) in [6.45, 7) is 10.1. The Hall–Kier alpha value is -2.66. The highest BCUT2D eigenvalue weighted by Crippen LogP contribution is 2.22. The molecule has 0 radical (unpaired) electrons. The van der Waals surface area contributed by atoms with Crippen LogP contribution >= 0.6 is 0 Å². The van der Waals surface area contributed by atoms with Gasteiger partial charge in [0.1, 0.15) is 0 Å². The molecule has 0 bridgehead atoms. The van der Waals surface area contributed by atoms with Crippen LogP contribution in [-0.4, -0.2) is 50.8 Å². The highest BCUT2D eigenvalue weighted by molar-refractivity contribution is 5.88. The van der Waals surface area contributed by atoms with Gasteiger partial charge >= 0.3 is 0 Å². The van der Waals surface area contributed by atoms with Crippen LogP contribution in [0.15, 0.2) is 49.1 Å². The van der Waals surface area contributed by atoms with Gasteiger partial charge in [0, 0.05) is 43.5 Å². The summed E-state index contributed by atoms with van der Waals surface area (Å²) in [5, 5.41) is 13.9. The Kier molecular flexibility index (Phi) is 9.96. The second-order valence-corrected chi connectivity index (χ2v) is 7.01. The summed E-state index contributed by atoms with van der Waals surface area (Å²) in [6.07, 6.45) is 8.63. The van der Waals surface area contributed by atoms with Gasteiger partial charge in [0.25, 0.3) is 0 Å². The van der Waals surface area contributed by atoms with Crippen molar-refractivity contribution in [2.24, 2.45) is 0 Å². The fraction of sp³-hybridized carbons (Fsp3) is 0.391. The minimum atomic E-state index is 0.0334. The number of likely N-dealkylation sites (N-methyl/N-ethyl adjacent to an activating group) is 1. The SMILES string of the molecule is C=C/C=C(\C=C)CCC(=O)NCC(Cc1ccc(NC)c(C=N)c1C)N(C)C. The van der Waals surface area contributed by atoms with Gasteiger partial charge in [-0.2, -0.15) is 0 Å². The van der Waals surface area contributed by atoms with Crippen LogP contribution in [-0.2, 0) is 11.2 Å². The van der Waals surface area contributed by atoms with Crippen LogP contribution in [0.2, 0.25) is 0 Å². The lowest BCUT2D eigenvalue weighted by Gasteiger charge is -2.26. The minimum absolute atomic E-state index is 0.0334. The van der Waals surface area contributed by atoms with Crippen molar-refractivity contribution in [1.82, 2.24) is 10.2 Å². The smallest absolute Gasteiger partial charge is 0.220 e. The molecule has 0 aliphatic carbocycles. The minimum Gasteiger partial charge on any atom is -0.388 e. The van der Waals surface area contributed by atoms with Crippen LogP contribution in [0.1, 0.15) is 29.5 Å². The predicted molar refractivity (Wildman–Crippen MR) is 121 cm³/mol. The average molecular weight is 383 g/mol. The number of allylic oxidation sites excluding steroid dienone is 4. The Morgan fingerprint density at radius 3 is 2.54 bits per heavy atom. The number of benzene rings is 1. The van der Waals surface area contributed by atoms with E-state index in [0.717, 1.165) is 28.8 Å². The van der Waals surface area contributed by atoms with Gasteiger partial charge in [-0.3, -0.25) is 4.79 Å². The second kappa shape index (κ2) is 11.9. The lowest BCUT2D eigenvalue weighted by Crippen LogP contribution is -2.41. The van der Waals surface area contributed by atoms with Gasteiger partial charge in [-0.25, -0.2) is 0 Å². The first-order valence-electron chi connectivity index (χ1n) is 9.55. The van der Waals surface area contributed by atoms with Crippen LogP contribution in [0.5, 0.6) is 0 Å². The molecule has 0 aliphatic rings. The fourth-order valence-electron chi connectivity index (χ4n) is 3.07. The molecule has 5 nitrogen and oxygen atoms in total. The van der Waals surface area contributed by atoms with Crippen LogP contribution in [0, 0.1) is 12.3 Å². The maximum Gasteiger partial charge on any atom is 0.220 e. The lowest BCUT2D eigenvalue weighted by atomic mass is 9.95.